The van der Waals surface area contributed by atoms with Gasteiger partial charge >= 0.3 is 0 Å². The zero-order valence-corrected chi connectivity index (χ0v) is 35.2. The summed E-state index contributed by atoms with van der Waals surface area (Å²) in [5.41, 5.74) is 5.42. The zero-order valence-electron chi connectivity index (χ0n) is 33.0. The molecule has 11 heteroatoms. The lowest BCUT2D eigenvalue weighted by molar-refractivity contribution is -0.182. The summed E-state index contributed by atoms with van der Waals surface area (Å²) in [4.78, 5) is 38.5. The van der Waals surface area contributed by atoms with Gasteiger partial charge in [-0.2, -0.15) is 5.06 Å². The van der Waals surface area contributed by atoms with Crippen LogP contribution < -0.4 is 20.3 Å². The largest absolute Gasteiger partial charge is 0.496 e. The maximum absolute atomic E-state index is 14.1. The summed E-state index contributed by atoms with van der Waals surface area (Å²) in [5, 5.41) is 18.7. The van der Waals surface area contributed by atoms with Gasteiger partial charge in [-0.15, -0.1) is 0 Å². The number of nitrogens with zero attached hydrogens (tertiary/aromatic N) is 3. The van der Waals surface area contributed by atoms with Crippen LogP contribution in [-0.4, -0.2) is 103 Å². The molecule has 1 saturated heterocycles. The van der Waals surface area contributed by atoms with Crippen molar-refractivity contribution in [2.24, 2.45) is 23.2 Å². The van der Waals surface area contributed by atoms with Crippen molar-refractivity contribution in [3.05, 3.63) is 83.4 Å². The maximum atomic E-state index is 14.1. The molecule has 1 aliphatic heterocycles. The first kappa shape index (κ1) is 40.4. The Balaban J connectivity index is 1.25. The highest BCUT2D eigenvalue weighted by molar-refractivity contribution is 14.1. The Morgan fingerprint density at radius 3 is 2.43 bits per heavy atom. The Morgan fingerprint density at radius 1 is 1.06 bits per heavy atom. The van der Waals surface area contributed by atoms with Gasteiger partial charge in [0, 0.05) is 55.1 Å². The Labute approximate surface area is 335 Å². The van der Waals surface area contributed by atoms with Crippen LogP contribution >= 0.6 is 22.6 Å². The quantitative estimate of drug-likeness (QED) is 0.138. The van der Waals surface area contributed by atoms with Crippen LogP contribution in [0.5, 0.6) is 5.75 Å². The highest BCUT2D eigenvalue weighted by atomic mass is 127. The van der Waals surface area contributed by atoms with E-state index in [9.17, 15) is 14.7 Å². The minimum Gasteiger partial charge on any atom is -0.496 e. The summed E-state index contributed by atoms with van der Waals surface area (Å²) < 4.78 is 5.86. The fourth-order valence-corrected chi connectivity index (χ4v) is 10.1. The molecule has 4 fully saturated rings. The molecule has 0 radical (unpaired) electrons. The SMILES string of the molecule is COc1c(CN2O[C@@H](CO)[C@@H](I)[C@H]2C(=O)N[C@H]2C[C@H]3C[C@@H]([C@@H]2C)C3(C)C)cccc1-c1cc(C(=O)N[C@@H](Cc2ccccc2)CN(C)C)cc(N(C)C)c1. The number of hydrogen-bond donors (Lipinski definition) is 3. The number of fused-ring (bicyclic) bond motifs is 2. The number of amides is 2. The number of carbonyl (C=O) groups is 2. The first-order valence-corrected chi connectivity index (χ1v) is 20.4. The number of aliphatic hydroxyl groups excluding tert-OH is 1. The molecule has 2 amide bonds. The number of alkyl halides is 1. The van der Waals surface area contributed by atoms with Crippen molar-refractivity contribution < 1.29 is 24.3 Å². The van der Waals surface area contributed by atoms with Gasteiger partial charge in [-0.3, -0.25) is 14.4 Å². The van der Waals surface area contributed by atoms with Crippen molar-refractivity contribution in [3.63, 3.8) is 0 Å². The summed E-state index contributed by atoms with van der Waals surface area (Å²) in [6.45, 7) is 7.78. The van der Waals surface area contributed by atoms with E-state index in [2.05, 4.69) is 77.1 Å². The number of anilines is 1. The fourth-order valence-electron chi connectivity index (χ4n) is 9.08. The topological polar surface area (TPSA) is 107 Å². The van der Waals surface area contributed by atoms with E-state index < -0.39 is 12.1 Å². The van der Waals surface area contributed by atoms with Crippen LogP contribution in [0.4, 0.5) is 5.69 Å². The smallest absolute Gasteiger partial charge is 0.251 e. The van der Waals surface area contributed by atoms with E-state index in [0.29, 0.717) is 47.4 Å². The number of methoxy groups -OCH3 is 1. The van der Waals surface area contributed by atoms with Crippen LogP contribution in [0, 0.1) is 23.2 Å². The molecular weight excluding hydrogens is 793 g/mol. The number of aliphatic hydroxyl groups is 1. The molecule has 0 spiro atoms. The van der Waals surface area contributed by atoms with Crippen LogP contribution in [0.2, 0.25) is 0 Å². The van der Waals surface area contributed by atoms with E-state index >= 15 is 0 Å². The molecule has 1 heterocycles. The average molecular weight is 852 g/mol. The second-order valence-electron chi connectivity index (χ2n) is 16.6. The van der Waals surface area contributed by atoms with Crippen LogP contribution in [0.1, 0.15) is 55.1 Å². The number of ether oxygens (including phenoxy) is 1. The highest BCUT2D eigenvalue weighted by Gasteiger charge is 2.57. The summed E-state index contributed by atoms with van der Waals surface area (Å²) in [7, 11) is 9.60. The van der Waals surface area contributed by atoms with Crippen molar-refractivity contribution in [1.29, 1.82) is 0 Å². The molecule has 3 aromatic carbocycles. The van der Waals surface area contributed by atoms with Gasteiger partial charge in [-0.05, 0) is 85.9 Å². The number of nitrogens with one attached hydrogen (secondary N) is 2. The summed E-state index contributed by atoms with van der Waals surface area (Å²) in [5.74, 6) is 2.06. The lowest BCUT2D eigenvalue weighted by Gasteiger charge is -2.62. The van der Waals surface area contributed by atoms with Crippen molar-refractivity contribution in [3.8, 4) is 16.9 Å². The van der Waals surface area contributed by atoms with Gasteiger partial charge in [0.1, 0.15) is 17.9 Å². The molecule has 0 unspecified atom stereocenters. The number of hydroxylamine groups is 2. The van der Waals surface area contributed by atoms with E-state index in [1.165, 1.54) is 12.0 Å². The fraction of sp³-hybridized carbons (Fsp3) is 0.535. The molecule has 3 saturated carbocycles. The first-order chi connectivity index (χ1) is 25.7. The molecule has 292 valence electrons. The third-order valence-corrected chi connectivity index (χ3v) is 13.7. The Morgan fingerprint density at radius 2 is 1.80 bits per heavy atom. The third kappa shape index (κ3) is 8.45. The number of carbonyl (C=O) groups excluding carboxylic acids is 2. The summed E-state index contributed by atoms with van der Waals surface area (Å²) >= 11 is 2.26. The van der Waals surface area contributed by atoms with Crippen LogP contribution in [0.3, 0.4) is 0 Å². The molecule has 10 nitrogen and oxygen atoms in total. The zero-order chi connectivity index (χ0) is 38.9. The summed E-state index contributed by atoms with van der Waals surface area (Å²) in [6.07, 6.45) is 2.44. The van der Waals surface area contributed by atoms with E-state index in [1.807, 2.05) is 81.6 Å². The molecule has 3 aliphatic carbocycles. The van der Waals surface area contributed by atoms with Gasteiger partial charge in [0.25, 0.3) is 5.91 Å². The number of likely N-dealkylation sites (N-methyl/N-ethyl adjacent to an activating group) is 1. The molecule has 8 atom stereocenters. The maximum Gasteiger partial charge on any atom is 0.251 e. The Bertz CT molecular complexity index is 1790. The number of rotatable bonds is 14. The molecule has 3 N–H and O–H groups in total. The van der Waals surface area contributed by atoms with Crippen LogP contribution in [0.15, 0.2) is 66.7 Å². The predicted octanol–water partition coefficient (Wildman–Crippen LogP) is 5.80. The van der Waals surface area contributed by atoms with Crippen molar-refractivity contribution in [1.82, 2.24) is 20.6 Å². The van der Waals surface area contributed by atoms with Gasteiger partial charge in [0.05, 0.1) is 24.2 Å². The lowest BCUT2D eigenvalue weighted by Crippen LogP contribution is -2.62. The van der Waals surface area contributed by atoms with E-state index in [-0.39, 0.29) is 41.0 Å². The van der Waals surface area contributed by atoms with Gasteiger partial charge < -0.3 is 30.3 Å². The van der Waals surface area contributed by atoms with Crippen molar-refractivity contribution >= 4 is 40.1 Å². The molecule has 2 bridgehead atoms. The third-order valence-electron chi connectivity index (χ3n) is 12.2. The number of para-hydroxylation sites is 1. The lowest BCUT2D eigenvalue weighted by atomic mass is 9.45. The van der Waals surface area contributed by atoms with Crippen LogP contribution in [0.25, 0.3) is 11.1 Å². The van der Waals surface area contributed by atoms with E-state index in [4.69, 9.17) is 9.57 Å². The number of halogens is 1. The Hall–Kier alpha value is -3.23. The molecule has 54 heavy (non-hydrogen) atoms. The van der Waals surface area contributed by atoms with Crippen LogP contribution in [-0.2, 0) is 22.6 Å². The highest BCUT2D eigenvalue weighted by Crippen LogP contribution is 2.61. The van der Waals surface area contributed by atoms with E-state index in [1.54, 1.807) is 12.2 Å². The second kappa shape index (κ2) is 16.9. The predicted molar refractivity (Wildman–Crippen MR) is 223 cm³/mol. The molecule has 7 rings (SSSR count). The summed E-state index contributed by atoms with van der Waals surface area (Å²) in [6, 6.07) is 21.5. The average Bonchev–Trinajstić information content (AvgIpc) is 3.46. The van der Waals surface area contributed by atoms with Gasteiger partial charge in [-0.25, -0.2) is 0 Å². The monoisotopic (exact) mass is 851 g/mol. The van der Waals surface area contributed by atoms with Gasteiger partial charge in [0.2, 0.25) is 5.91 Å². The van der Waals surface area contributed by atoms with Crippen molar-refractivity contribution in [2.75, 3.05) is 53.4 Å². The number of hydrogen-bond acceptors (Lipinski definition) is 8. The second-order valence-corrected chi connectivity index (χ2v) is 18.1. The Kier molecular flexibility index (Phi) is 12.6. The molecular formula is C43H58IN5O5. The van der Waals surface area contributed by atoms with E-state index in [0.717, 1.165) is 28.8 Å². The number of benzene rings is 3. The molecule has 0 aromatic heterocycles. The first-order valence-electron chi connectivity index (χ1n) is 19.2. The van der Waals surface area contributed by atoms with Gasteiger partial charge in [0.15, 0.2) is 0 Å². The molecule has 3 aromatic rings. The minimum absolute atomic E-state index is 0.0643. The van der Waals surface area contributed by atoms with Crippen molar-refractivity contribution in [2.45, 2.75) is 74.7 Å². The standard InChI is InChI=1S/C43H58IN5O5/c1-26-35-21-31(43(35,2)3)22-36(26)46-42(52)39-38(44)37(25-50)54-49(39)23-28-15-12-16-34(40(28)53-8)29-18-30(20-33(19-29)48(6)7)41(51)45-32(24-47(4)5)17-27-13-10-9-11-14-27/h9-16,18-20,26,31-32,35-39,50H,17,21-25H2,1-8H3,(H,45,51)(H,46,52)/t26-,31+,32-,35-,36-,37-,38+,39-/m0/s1. The minimum atomic E-state index is -0.590. The van der Waals surface area contributed by atoms with Gasteiger partial charge in [-0.1, -0.05) is 91.9 Å². The normalized spacial score (nSPS) is 26.5. The molecule has 4 aliphatic rings.